The number of ether oxygens (including phenoxy) is 3. The summed E-state index contributed by atoms with van der Waals surface area (Å²) in [6, 6.07) is 13.7. The maximum Gasteiger partial charge on any atom is 0.245 e. The summed E-state index contributed by atoms with van der Waals surface area (Å²) in [5.41, 5.74) is 8.51. The number of rotatable bonds is 7. The van der Waals surface area contributed by atoms with Crippen molar-refractivity contribution in [2.24, 2.45) is 0 Å². The van der Waals surface area contributed by atoms with Gasteiger partial charge in [0.2, 0.25) is 11.7 Å². The van der Waals surface area contributed by atoms with Crippen LogP contribution < -0.4 is 25.1 Å². The Bertz CT molecular complexity index is 958. The largest absolute Gasteiger partial charge is 0.494 e. The highest BCUT2D eigenvalue weighted by atomic mass is 16.5. The quantitative estimate of drug-likeness (QED) is 0.628. The molecular weight excluding hydrogens is 372 g/mol. The van der Waals surface area contributed by atoms with Crippen molar-refractivity contribution in [3.63, 3.8) is 0 Å². The van der Waals surface area contributed by atoms with E-state index in [9.17, 15) is 0 Å². The number of hydrazine groups is 1. The molecule has 0 bridgehead atoms. The number of methoxy groups -OCH3 is 2. The lowest BCUT2D eigenvalue weighted by atomic mass is 10.0. The fourth-order valence-corrected chi connectivity index (χ4v) is 3.37. The Kier molecular flexibility index (Phi) is 5.64. The van der Waals surface area contributed by atoms with E-state index in [1.165, 1.54) is 5.56 Å². The zero-order chi connectivity index (χ0) is 20.2. The Morgan fingerprint density at radius 1 is 1.00 bits per heavy atom. The maximum absolute atomic E-state index is 5.51. The van der Waals surface area contributed by atoms with Gasteiger partial charge in [0.1, 0.15) is 11.8 Å². The molecule has 1 aliphatic rings. The van der Waals surface area contributed by atoms with Crippen molar-refractivity contribution in [1.29, 1.82) is 0 Å². The zero-order valence-electron chi connectivity index (χ0n) is 16.6. The van der Waals surface area contributed by atoms with E-state index in [2.05, 4.69) is 33.1 Å². The first-order chi connectivity index (χ1) is 14.2. The van der Waals surface area contributed by atoms with Crippen LogP contribution in [0.1, 0.15) is 36.9 Å². The highest BCUT2D eigenvalue weighted by Gasteiger charge is 2.30. The first-order valence-corrected chi connectivity index (χ1v) is 9.51. The predicted octanol–water partition coefficient (Wildman–Crippen LogP) is 3.43. The summed E-state index contributed by atoms with van der Waals surface area (Å²) in [6.45, 7) is 2.63. The number of hydrogen-bond acceptors (Lipinski definition) is 8. The normalized spacial score (nSPS) is 18.6. The minimum atomic E-state index is -0.0760. The maximum atomic E-state index is 5.51. The standard InChI is InChI=1S/C21H24N4O4/c1-4-28-15-8-5-13(6-9-15)16-12-17(24-23-16)21-22-20(25-29-21)14-7-10-18(26-2)19(11-14)27-3/h5-11,16-17,23-24H,4,12H2,1-3H3. The monoisotopic (exact) mass is 396 g/mol. The van der Waals surface area contributed by atoms with E-state index in [4.69, 9.17) is 18.7 Å². The summed E-state index contributed by atoms with van der Waals surface area (Å²) in [7, 11) is 3.20. The average Bonchev–Trinajstić information content (AvgIpc) is 3.44. The van der Waals surface area contributed by atoms with Gasteiger partial charge in [-0.05, 0) is 49.2 Å². The van der Waals surface area contributed by atoms with Gasteiger partial charge in [0.25, 0.3) is 0 Å². The molecule has 4 rings (SSSR count). The molecular formula is C21H24N4O4. The van der Waals surface area contributed by atoms with E-state index in [0.717, 1.165) is 17.7 Å². The number of nitrogens with zero attached hydrogens (tertiary/aromatic N) is 2. The third-order valence-corrected chi connectivity index (χ3v) is 4.88. The summed E-state index contributed by atoms with van der Waals surface area (Å²) in [5, 5.41) is 4.12. The molecule has 2 heterocycles. The molecule has 0 radical (unpaired) electrons. The van der Waals surface area contributed by atoms with Gasteiger partial charge in [-0.3, -0.25) is 0 Å². The summed E-state index contributed by atoms with van der Waals surface area (Å²) >= 11 is 0. The van der Waals surface area contributed by atoms with Gasteiger partial charge in [0.05, 0.1) is 20.8 Å². The number of aromatic nitrogens is 2. The molecule has 2 N–H and O–H groups in total. The first kappa shape index (κ1) is 19.2. The average molecular weight is 396 g/mol. The summed E-state index contributed by atoms with van der Waals surface area (Å²) < 4.78 is 21.6. The fourth-order valence-electron chi connectivity index (χ4n) is 3.37. The van der Waals surface area contributed by atoms with Gasteiger partial charge in [-0.15, -0.1) is 0 Å². The fraction of sp³-hybridized carbons (Fsp3) is 0.333. The second-order valence-corrected chi connectivity index (χ2v) is 6.66. The molecule has 1 aromatic heterocycles. The minimum absolute atomic E-state index is 0.0760. The van der Waals surface area contributed by atoms with E-state index in [1.54, 1.807) is 14.2 Å². The second-order valence-electron chi connectivity index (χ2n) is 6.66. The van der Waals surface area contributed by atoms with E-state index in [0.29, 0.717) is 29.8 Å². The number of benzene rings is 2. The van der Waals surface area contributed by atoms with Gasteiger partial charge in [0.15, 0.2) is 11.5 Å². The van der Waals surface area contributed by atoms with Gasteiger partial charge in [-0.25, -0.2) is 10.9 Å². The van der Waals surface area contributed by atoms with Crippen LogP contribution in [-0.4, -0.2) is 31.0 Å². The van der Waals surface area contributed by atoms with Gasteiger partial charge < -0.3 is 18.7 Å². The second kappa shape index (κ2) is 8.50. The molecule has 29 heavy (non-hydrogen) atoms. The van der Waals surface area contributed by atoms with Crippen LogP contribution in [-0.2, 0) is 0 Å². The lowest BCUT2D eigenvalue weighted by molar-refractivity contribution is 0.339. The summed E-state index contributed by atoms with van der Waals surface area (Å²) in [5.74, 6) is 3.19. The topological polar surface area (TPSA) is 90.7 Å². The van der Waals surface area contributed by atoms with Gasteiger partial charge >= 0.3 is 0 Å². The van der Waals surface area contributed by atoms with Crippen LogP contribution in [0.5, 0.6) is 17.2 Å². The smallest absolute Gasteiger partial charge is 0.245 e. The van der Waals surface area contributed by atoms with Crippen molar-refractivity contribution in [3.8, 4) is 28.6 Å². The van der Waals surface area contributed by atoms with Crippen LogP contribution in [0.3, 0.4) is 0 Å². The molecule has 1 saturated heterocycles. The number of hydrogen-bond donors (Lipinski definition) is 2. The predicted molar refractivity (Wildman–Crippen MR) is 107 cm³/mol. The number of nitrogens with one attached hydrogen (secondary N) is 2. The Hall–Kier alpha value is -3.10. The zero-order valence-corrected chi connectivity index (χ0v) is 16.6. The third-order valence-electron chi connectivity index (χ3n) is 4.88. The lowest BCUT2D eigenvalue weighted by Crippen LogP contribution is -2.26. The van der Waals surface area contributed by atoms with Crippen LogP contribution in [0.15, 0.2) is 47.0 Å². The van der Waals surface area contributed by atoms with E-state index < -0.39 is 0 Å². The SMILES string of the molecule is CCOc1ccc(C2CC(c3nc(-c4ccc(OC)c(OC)c4)no3)NN2)cc1. The molecule has 2 atom stereocenters. The molecule has 152 valence electrons. The minimum Gasteiger partial charge on any atom is -0.494 e. The van der Waals surface area contributed by atoms with Crippen molar-refractivity contribution >= 4 is 0 Å². The third kappa shape index (κ3) is 4.03. The van der Waals surface area contributed by atoms with Crippen molar-refractivity contribution in [3.05, 3.63) is 53.9 Å². The molecule has 2 unspecified atom stereocenters. The molecule has 3 aromatic rings. The Balaban J connectivity index is 1.46. The van der Waals surface area contributed by atoms with Crippen molar-refractivity contribution in [2.45, 2.75) is 25.4 Å². The van der Waals surface area contributed by atoms with Crippen LogP contribution in [0.4, 0.5) is 0 Å². The lowest BCUT2D eigenvalue weighted by Gasteiger charge is -2.10. The molecule has 1 aliphatic heterocycles. The Morgan fingerprint density at radius 2 is 1.76 bits per heavy atom. The van der Waals surface area contributed by atoms with Gasteiger partial charge in [0, 0.05) is 11.6 Å². The van der Waals surface area contributed by atoms with E-state index >= 15 is 0 Å². The van der Waals surface area contributed by atoms with Gasteiger partial charge in [-0.1, -0.05) is 17.3 Å². The molecule has 8 nitrogen and oxygen atoms in total. The van der Waals surface area contributed by atoms with Crippen molar-refractivity contribution in [1.82, 2.24) is 21.0 Å². The highest BCUT2D eigenvalue weighted by molar-refractivity contribution is 5.60. The Morgan fingerprint density at radius 3 is 2.48 bits per heavy atom. The van der Waals surface area contributed by atoms with E-state index in [1.807, 2.05) is 37.3 Å². The van der Waals surface area contributed by atoms with Crippen LogP contribution in [0, 0.1) is 0 Å². The van der Waals surface area contributed by atoms with Crippen LogP contribution in [0.2, 0.25) is 0 Å². The molecule has 0 amide bonds. The molecule has 2 aromatic carbocycles. The van der Waals surface area contributed by atoms with Crippen molar-refractivity contribution < 1.29 is 18.7 Å². The molecule has 0 saturated carbocycles. The van der Waals surface area contributed by atoms with Crippen molar-refractivity contribution in [2.75, 3.05) is 20.8 Å². The molecule has 1 fully saturated rings. The summed E-state index contributed by atoms with van der Waals surface area (Å²) in [6.07, 6.45) is 0.793. The Labute approximate surface area is 169 Å². The highest BCUT2D eigenvalue weighted by Crippen LogP contribution is 2.34. The molecule has 0 aliphatic carbocycles. The van der Waals surface area contributed by atoms with Gasteiger partial charge in [-0.2, -0.15) is 4.98 Å². The van der Waals surface area contributed by atoms with E-state index in [-0.39, 0.29) is 12.1 Å². The molecule has 0 spiro atoms. The van der Waals surface area contributed by atoms with Crippen LogP contribution in [0.25, 0.3) is 11.4 Å². The van der Waals surface area contributed by atoms with Crippen LogP contribution >= 0.6 is 0 Å². The molecule has 8 heteroatoms. The first-order valence-electron chi connectivity index (χ1n) is 9.51. The summed E-state index contributed by atoms with van der Waals surface area (Å²) in [4.78, 5) is 4.56.